The van der Waals surface area contributed by atoms with Crippen molar-refractivity contribution in [2.24, 2.45) is 0 Å². The summed E-state index contributed by atoms with van der Waals surface area (Å²) in [5, 5.41) is 1.15. The highest BCUT2D eigenvalue weighted by atomic mass is 19.4. The van der Waals surface area contributed by atoms with E-state index in [-0.39, 0.29) is 0 Å². The molecule has 5 heteroatoms. The van der Waals surface area contributed by atoms with Gasteiger partial charge in [0, 0.05) is 35.1 Å². The lowest BCUT2D eigenvalue weighted by Crippen LogP contribution is -2.33. The van der Waals surface area contributed by atoms with Crippen LogP contribution in [0.2, 0.25) is 0 Å². The molecule has 0 saturated carbocycles. The van der Waals surface area contributed by atoms with Crippen LogP contribution in [0.25, 0.3) is 22.0 Å². The van der Waals surface area contributed by atoms with Gasteiger partial charge in [0.1, 0.15) is 0 Å². The molecule has 2 nitrogen and oxygen atoms in total. The van der Waals surface area contributed by atoms with E-state index in [1.54, 1.807) is 6.07 Å². The van der Waals surface area contributed by atoms with Gasteiger partial charge >= 0.3 is 6.18 Å². The van der Waals surface area contributed by atoms with E-state index < -0.39 is 11.7 Å². The number of likely N-dealkylation sites (N-methyl/N-ethyl adjacent to an activating group) is 1. The lowest BCUT2D eigenvalue weighted by Gasteiger charge is -2.31. The summed E-state index contributed by atoms with van der Waals surface area (Å²) in [6.45, 7) is 0. The number of fused-ring (bicyclic) bond motifs is 6. The van der Waals surface area contributed by atoms with Gasteiger partial charge in [0.25, 0.3) is 0 Å². The Morgan fingerprint density at radius 1 is 1.04 bits per heavy atom. The maximum atomic E-state index is 13.0. The van der Waals surface area contributed by atoms with E-state index in [4.69, 9.17) is 0 Å². The molecule has 0 radical (unpaired) electrons. The van der Waals surface area contributed by atoms with Crippen molar-refractivity contribution in [3.63, 3.8) is 0 Å². The van der Waals surface area contributed by atoms with Gasteiger partial charge in [0.05, 0.1) is 5.56 Å². The second-order valence-electron chi connectivity index (χ2n) is 7.47. The number of nitrogens with one attached hydrogen (secondary N) is 1. The van der Waals surface area contributed by atoms with Crippen LogP contribution in [0.3, 0.4) is 0 Å². The number of alkyl halides is 3. The largest absolute Gasteiger partial charge is 0.416 e. The van der Waals surface area contributed by atoms with E-state index >= 15 is 0 Å². The summed E-state index contributed by atoms with van der Waals surface area (Å²) in [7, 11) is 2.18. The van der Waals surface area contributed by atoms with Gasteiger partial charge in [-0.25, -0.2) is 0 Å². The molecule has 0 amide bonds. The molecule has 1 fully saturated rings. The average Bonchev–Trinajstić information content (AvgIpc) is 3.08. The highest BCUT2D eigenvalue weighted by molar-refractivity contribution is 5.90. The first-order valence-corrected chi connectivity index (χ1v) is 8.96. The maximum Gasteiger partial charge on any atom is 0.416 e. The van der Waals surface area contributed by atoms with E-state index in [0.29, 0.717) is 17.6 Å². The number of benzene rings is 2. The fourth-order valence-corrected chi connectivity index (χ4v) is 4.71. The van der Waals surface area contributed by atoms with Gasteiger partial charge in [0.2, 0.25) is 0 Å². The SMILES string of the molecule is CN1C2CCC1c1c([nH]c3ccc(-c4cccc(C(F)(F)F)c4)cc13)C2. The van der Waals surface area contributed by atoms with Crippen molar-refractivity contribution in [3.05, 3.63) is 59.3 Å². The Labute approximate surface area is 149 Å². The molecule has 2 atom stereocenters. The molecule has 3 heterocycles. The van der Waals surface area contributed by atoms with Crippen LogP contribution in [-0.4, -0.2) is 23.0 Å². The first kappa shape index (κ1) is 15.9. The van der Waals surface area contributed by atoms with Crippen LogP contribution in [0.5, 0.6) is 0 Å². The van der Waals surface area contributed by atoms with Crippen molar-refractivity contribution in [2.45, 2.75) is 37.5 Å². The molecule has 2 unspecified atom stereocenters. The molecule has 2 bridgehead atoms. The van der Waals surface area contributed by atoms with Gasteiger partial charge in [0.15, 0.2) is 0 Å². The molecule has 2 aromatic carbocycles. The van der Waals surface area contributed by atoms with E-state index in [2.05, 4.69) is 16.9 Å². The van der Waals surface area contributed by atoms with Crippen molar-refractivity contribution in [1.82, 2.24) is 9.88 Å². The average molecular weight is 356 g/mol. The third kappa shape index (κ3) is 2.30. The van der Waals surface area contributed by atoms with Gasteiger partial charge < -0.3 is 4.98 Å². The van der Waals surface area contributed by atoms with Crippen molar-refractivity contribution in [2.75, 3.05) is 7.05 Å². The van der Waals surface area contributed by atoms with Crippen molar-refractivity contribution >= 4 is 10.9 Å². The first-order chi connectivity index (χ1) is 12.4. The molecular weight excluding hydrogens is 337 g/mol. The van der Waals surface area contributed by atoms with Gasteiger partial charge in [-0.3, -0.25) is 4.90 Å². The van der Waals surface area contributed by atoms with Crippen molar-refractivity contribution < 1.29 is 13.2 Å². The summed E-state index contributed by atoms with van der Waals surface area (Å²) < 4.78 is 39.1. The summed E-state index contributed by atoms with van der Waals surface area (Å²) in [6, 6.07) is 12.5. The summed E-state index contributed by atoms with van der Waals surface area (Å²) in [4.78, 5) is 6.00. The smallest absolute Gasteiger partial charge is 0.358 e. The summed E-state index contributed by atoms with van der Waals surface area (Å²) in [6.07, 6.45) is -0.946. The van der Waals surface area contributed by atoms with Crippen LogP contribution < -0.4 is 0 Å². The van der Waals surface area contributed by atoms with Crippen molar-refractivity contribution in [1.29, 1.82) is 0 Å². The van der Waals surface area contributed by atoms with E-state index in [0.717, 1.165) is 35.4 Å². The number of H-pyrrole nitrogens is 1. The minimum Gasteiger partial charge on any atom is -0.358 e. The van der Waals surface area contributed by atoms with Crippen LogP contribution in [0.1, 0.15) is 35.7 Å². The predicted molar refractivity (Wildman–Crippen MR) is 96.0 cm³/mol. The zero-order valence-corrected chi connectivity index (χ0v) is 14.4. The van der Waals surface area contributed by atoms with Gasteiger partial charge in [-0.1, -0.05) is 18.2 Å². The zero-order valence-electron chi connectivity index (χ0n) is 14.4. The van der Waals surface area contributed by atoms with Gasteiger partial charge in [-0.2, -0.15) is 13.2 Å². The van der Waals surface area contributed by atoms with Crippen LogP contribution in [-0.2, 0) is 12.6 Å². The lowest BCUT2D eigenvalue weighted by atomic mass is 9.95. The third-order valence-corrected chi connectivity index (χ3v) is 6.06. The topological polar surface area (TPSA) is 19.0 Å². The molecule has 1 aromatic heterocycles. The quantitative estimate of drug-likeness (QED) is 0.606. The van der Waals surface area contributed by atoms with E-state index in [9.17, 15) is 13.2 Å². The van der Waals surface area contributed by atoms with Crippen LogP contribution in [0, 0.1) is 0 Å². The fourth-order valence-electron chi connectivity index (χ4n) is 4.71. The number of hydrogen-bond donors (Lipinski definition) is 1. The zero-order chi connectivity index (χ0) is 18.1. The lowest BCUT2D eigenvalue weighted by molar-refractivity contribution is -0.137. The molecule has 5 rings (SSSR count). The van der Waals surface area contributed by atoms with Crippen molar-refractivity contribution in [3.8, 4) is 11.1 Å². The Kier molecular flexibility index (Phi) is 3.29. The summed E-state index contributed by atoms with van der Waals surface area (Å²) in [5.41, 5.74) is 4.53. The second-order valence-corrected chi connectivity index (χ2v) is 7.47. The monoisotopic (exact) mass is 356 g/mol. The Morgan fingerprint density at radius 3 is 2.65 bits per heavy atom. The number of rotatable bonds is 1. The molecule has 0 spiro atoms. The van der Waals surface area contributed by atoms with Crippen LogP contribution in [0.15, 0.2) is 42.5 Å². The predicted octanol–water partition coefficient (Wildman–Crippen LogP) is 5.55. The van der Waals surface area contributed by atoms with Gasteiger partial charge in [-0.15, -0.1) is 0 Å². The third-order valence-electron chi connectivity index (χ3n) is 6.06. The van der Waals surface area contributed by atoms with Gasteiger partial charge in [-0.05, 0) is 60.8 Å². The second kappa shape index (κ2) is 5.36. The van der Waals surface area contributed by atoms with E-state index in [1.165, 1.54) is 29.8 Å². The minimum absolute atomic E-state index is 0.411. The molecule has 2 aliphatic rings. The molecule has 0 aliphatic carbocycles. The fraction of sp³-hybridized carbons (Fsp3) is 0.333. The van der Waals surface area contributed by atoms with E-state index in [1.807, 2.05) is 18.2 Å². The minimum atomic E-state index is -4.32. The number of halogens is 3. The molecule has 26 heavy (non-hydrogen) atoms. The highest BCUT2D eigenvalue weighted by Crippen LogP contribution is 2.46. The molecule has 3 aromatic rings. The Morgan fingerprint density at radius 2 is 1.85 bits per heavy atom. The number of aromatic amines is 1. The Hall–Kier alpha value is -2.27. The number of nitrogens with zero attached hydrogens (tertiary/aromatic N) is 1. The normalized spacial score (nSPS) is 22.8. The summed E-state index contributed by atoms with van der Waals surface area (Å²) in [5.74, 6) is 0. The Balaban J connectivity index is 1.65. The number of aromatic nitrogens is 1. The molecule has 134 valence electrons. The molecular formula is C21H19F3N2. The standard InChI is InChI=1S/C21H19F3N2/c1-26-15-6-8-19(26)20-16-10-13(5-7-17(16)25-18(20)11-15)12-3-2-4-14(9-12)21(22,23)24/h2-5,7,9-10,15,19,25H,6,8,11H2,1H3. The molecule has 1 saturated heterocycles. The first-order valence-electron chi connectivity index (χ1n) is 8.96. The molecule has 2 aliphatic heterocycles. The maximum absolute atomic E-state index is 13.0. The van der Waals surface area contributed by atoms with Crippen LogP contribution >= 0.6 is 0 Å². The summed E-state index contributed by atoms with van der Waals surface area (Å²) >= 11 is 0. The highest BCUT2D eigenvalue weighted by Gasteiger charge is 2.39. The van der Waals surface area contributed by atoms with Crippen LogP contribution in [0.4, 0.5) is 13.2 Å². The number of hydrogen-bond acceptors (Lipinski definition) is 1. The Bertz CT molecular complexity index is 1000. The molecule has 1 N–H and O–H groups in total.